The molecule has 1 fully saturated rings. The van der Waals surface area contributed by atoms with Gasteiger partial charge in [-0.05, 0) is 29.8 Å². The predicted molar refractivity (Wildman–Crippen MR) is 105 cm³/mol. The third-order valence-corrected chi connectivity index (χ3v) is 4.70. The molecule has 0 spiro atoms. The molecule has 0 bridgehead atoms. The number of amides is 1. The lowest BCUT2D eigenvalue weighted by molar-refractivity contribution is -0.112. The predicted octanol–water partition coefficient (Wildman–Crippen LogP) is 3.45. The lowest BCUT2D eigenvalue weighted by Gasteiger charge is -2.27. The molecule has 0 aliphatic carbocycles. The van der Waals surface area contributed by atoms with Gasteiger partial charge in [0.05, 0.1) is 19.5 Å². The molecule has 0 radical (unpaired) electrons. The molecule has 2 aromatic carbocycles. The van der Waals surface area contributed by atoms with Crippen molar-refractivity contribution in [1.29, 1.82) is 0 Å². The summed E-state index contributed by atoms with van der Waals surface area (Å²) in [6.07, 6.45) is 5.09. The van der Waals surface area contributed by atoms with Crippen LogP contribution in [0.4, 0.5) is 5.69 Å². The van der Waals surface area contributed by atoms with Crippen LogP contribution in [0.3, 0.4) is 0 Å². The Balaban J connectivity index is 1.52. The largest absolute Gasteiger partial charge is 0.464 e. The number of fused-ring (bicyclic) bond motifs is 1. The zero-order valence-corrected chi connectivity index (χ0v) is 15.1. The van der Waals surface area contributed by atoms with E-state index in [0.29, 0.717) is 5.57 Å². The Morgan fingerprint density at radius 2 is 1.81 bits per heavy atom. The van der Waals surface area contributed by atoms with Gasteiger partial charge in [0.2, 0.25) is 0 Å². The summed E-state index contributed by atoms with van der Waals surface area (Å²) in [5.41, 5.74) is 3.37. The van der Waals surface area contributed by atoms with E-state index in [0.717, 1.165) is 55.4 Å². The van der Waals surface area contributed by atoms with Gasteiger partial charge in [-0.1, -0.05) is 36.4 Å². The molecule has 2 aliphatic heterocycles. The van der Waals surface area contributed by atoms with Gasteiger partial charge in [-0.15, -0.1) is 0 Å². The molecule has 2 heterocycles. The van der Waals surface area contributed by atoms with Crippen molar-refractivity contribution in [2.45, 2.75) is 6.54 Å². The second-order valence-electron chi connectivity index (χ2n) is 6.56. The maximum absolute atomic E-state index is 12.9. The summed E-state index contributed by atoms with van der Waals surface area (Å²) in [4.78, 5) is 15.2. The summed E-state index contributed by atoms with van der Waals surface area (Å²) >= 11 is 0. The van der Waals surface area contributed by atoms with Crippen LogP contribution >= 0.6 is 0 Å². The molecule has 4 rings (SSSR count). The van der Waals surface area contributed by atoms with Gasteiger partial charge < -0.3 is 14.8 Å². The second kappa shape index (κ2) is 8.20. The minimum absolute atomic E-state index is 0.152. The highest BCUT2D eigenvalue weighted by Crippen LogP contribution is 2.25. The van der Waals surface area contributed by atoms with Crippen LogP contribution in [0, 0.1) is 0 Å². The van der Waals surface area contributed by atoms with Crippen molar-refractivity contribution in [3.8, 4) is 5.75 Å². The highest BCUT2D eigenvalue weighted by molar-refractivity contribution is 6.09. The van der Waals surface area contributed by atoms with Gasteiger partial charge in [0.25, 0.3) is 5.91 Å². The average molecular weight is 362 g/mol. The average Bonchev–Trinajstić information content (AvgIpc) is 2.93. The van der Waals surface area contributed by atoms with Gasteiger partial charge in [-0.25, -0.2) is 0 Å². The van der Waals surface area contributed by atoms with Crippen molar-refractivity contribution in [2.24, 2.45) is 0 Å². The number of para-hydroxylation sites is 2. The Bertz CT molecular complexity index is 883. The number of nitrogens with zero attached hydrogens (tertiary/aromatic N) is 1. The molecule has 0 saturated carbocycles. The molecule has 5 nitrogen and oxygen atoms in total. The topological polar surface area (TPSA) is 50.8 Å². The molecular weight excluding hydrogens is 340 g/mol. The first kappa shape index (κ1) is 17.5. The van der Waals surface area contributed by atoms with E-state index in [1.54, 1.807) is 12.3 Å². The van der Waals surface area contributed by atoms with Crippen LogP contribution in [-0.4, -0.2) is 37.1 Å². The smallest absolute Gasteiger partial charge is 0.255 e. The van der Waals surface area contributed by atoms with E-state index in [-0.39, 0.29) is 5.91 Å². The highest BCUT2D eigenvalue weighted by Gasteiger charge is 2.16. The summed E-state index contributed by atoms with van der Waals surface area (Å²) in [6, 6.07) is 15.6. The lowest BCUT2D eigenvalue weighted by atomic mass is 10.1. The Hall–Kier alpha value is -2.89. The van der Waals surface area contributed by atoms with Crippen LogP contribution in [0.15, 0.2) is 66.4 Å². The number of carbonyl (C=O) groups excluding carboxylic acids is 1. The third kappa shape index (κ3) is 4.27. The third-order valence-electron chi connectivity index (χ3n) is 4.70. The summed E-state index contributed by atoms with van der Waals surface area (Å²) < 4.78 is 11.0. The standard InChI is InChI=1S/C22H22N2O3/c25-22(18-9-12-27-21-8-4-2-5-17(21)15-18)23-20-7-3-1-6-19(20)16-24-10-13-26-14-11-24/h1-9,12,15H,10-11,13-14,16H2,(H,23,25). The van der Waals surface area contributed by atoms with Crippen molar-refractivity contribution >= 4 is 17.7 Å². The number of carbonyl (C=O) groups is 1. The SMILES string of the molecule is O=C(Nc1ccccc1CN1CCOCC1)C1=Cc2ccccc2OC=C1. The molecule has 1 amide bonds. The molecule has 1 N–H and O–H groups in total. The van der Waals surface area contributed by atoms with Gasteiger partial charge in [0.1, 0.15) is 5.75 Å². The molecular formula is C22H22N2O3. The number of hydrogen-bond acceptors (Lipinski definition) is 4. The molecule has 2 aromatic rings. The first-order valence-electron chi connectivity index (χ1n) is 9.13. The van der Waals surface area contributed by atoms with Gasteiger partial charge in [-0.2, -0.15) is 0 Å². The van der Waals surface area contributed by atoms with Crippen LogP contribution in [0.5, 0.6) is 5.75 Å². The van der Waals surface area contributed by atoms with Crippen molar-refractivity contribution < 1.29 is 14.3 Å². The Morgan fingerprint density at radius 1 is 1.04 bits per heavy atom. The number of morpholine rings is 1. The van der Waals surface area contributed by atoms with Crippen molar-refractivity contribution in [1.82, 2.24) is 4.90 Å². The first-order chi connectivity index (χ1) is 13.3. The van der Waals surface area contributed by atoms with Crippen molar-refractivity contribution in [2.75, 3.05) is 31.6 Å². The maximum atomic E-state index is 12.9. The number of ether oxygens (including phenoxy) is 2. The Morgan fingerprint density at radius 3 is 2.70 bits per heavy atom. The highest BCUT2D eigenvalue weighted by atomic mass is 16.5. The van der Waals surface area contributed by atoms with E-state index < -0.39 is 0 Å². The zero-order chi connectivity index (χ0) is 18.5. The number of nitrogens with one attached hydrogen (secondary N) is 1. The normalized spacial score (nSPS) is 16.7. The fourth-order valence-electron chi connectivity index (χ4n) is 3.22. The summed E-state index contributed by atoms with van der Waals surface area (Å²) in [6.45, 7) is 4.12. The van der Waals surface area contributed by atoms with Crippen molar-refractivity contribution in [3.05, 3.63) is 77.6 Å². The number of hydrogen-bond donors (Lipinski definition) is 1. The molecule has 1 saturated heterocycles. The van der Waals surface area contributed by atoms with E-state index >= 15 is 0 Å². The first-order valence-corrected chi connectivity index (χ1v) is 9.13. The molecule has 0 aromatic heterocycles. The van der Waals surface area contributed by atoms with Gasteiger partial charge in [0, 0.05) is 36.5 Å². The molecule has 0 unspecified atom stereocenters. The van der Waals surface area contributed by atoms with Crippen LogP contribution < -0.4 is 10.1 Å². The Labute approximate surface area is 158 Å². The molecule has 2 aliphatic rings. The minimum Gasteiger partial charge on any atom is -0.464 e. The Kier molecular flexibility index (Phi) is 5.32. The van der Waals surface area contributed by atoms with Crippen LogP contribution in [0.2, 0.25) is 0 Å². The molecule has 138 valence electrons. The lowest BCUT2D eigenvalue weighted by Crippen LogP contribution is -2.35. The monoisotopic (exact) mass is 362 g/mol. The number of benzene rings is 2. The van der Waals surface area contributed by atoms with E-state index in [4.69, 9.17) is 9.47 Å². The van der Waals surface area contributed by atoms with Crippen LogP contribution in [0.25, 0.3) is 6.08 Å². The van der Waals surface area contributed by atoms with Gasteiger partial charge in [0.15, 0.2) is 0 Å². The quantitative estimate of drug-likeness (QED) is 0.905. The number of rotatable bonds is 4. The molecule has 5 heteroatoms. The zero-order valence-electron chi connectivity index (χ0n) is 15.1. The van der Waals surface area contributed by atoms with Gasteiger partial charge >= 0.3 is 0 Å². The van der Waals surface area contributed by atoms with E-state index in [2.05, 4.69) is 16.3 Å². The van der Waals surface area contributed by atoms with E-state index in [1.165, 1.54) is 0 Å². The summed E-state index contributed by atoms with van der Waals surface area (Å²) in [5, 5.41) is 3.06. The van der Waals surface area contributed by atoms with Crippen LogP contribution in [0.1, 0.15) is 11.1 Å². The van der Waals surface area contributed by atoms with Gasteiger partial charge in [-0.3, -0.25) is 9.69 Å². The van der Waals surface area contributed by atoms with Crippen molar-refractivity contribution in [3.63, 3.8) is 0 Å². The maximum Gasteiger partial charge on any atom is 0.255 e. The van der Waals surface area contributed by atoms with Crippen LogP contribution in [-0.2, 0) is 16.1 Å². The number of anilines is 1. The molecule has 27 heavy (non-hydrogen) atoms. The second-order valence-corrected chi connectivity index (χ2v) is 6.56. The fourth-order valence-corrected chi connectivity index (χ4v) is 3.22. The summed E-state index contributed by atoms with van der Waals surface area (Å²) in [7, 11) is 0. The summed E-state index contributed by atoms with van der Waals surface area (Å²) in [5.74, 6) is 0.588. The van der Waals surface area contributed by atoms with E-state index in [1.807, 2.05) is 48.5 Å². The fraction of sp³-hybridized carbons (Fsp3) is 0.227. The van der Waals surface area contributed by atoms with E-state index in [9.17, 15) is 4.79 Å². The minimum atomic E-state index is -0.152. The molecule has 0 atom stereocenters.